The quantitative estimate of drug-likeness (QED) is 0.768. The SMILES string of the molecule is CCC(C)CN1NNc2ccccc21. The smallest absolute Gasteiger partial charge is 0.0782 e. The van der Waals surface area contributed by atoms with Crippen molar-refractivity contribution in [2.75, 3.05) is 17.0 Å². The van der Waals surface area contributed by atoms with E-state index < -0.39 is 0 Å². The van der Waals surface area contributed by atoms with Crippen molar-refractivity contribution in [1.29, 1.82) is 0 Å². The van der Waals surface area contributed by atoms with Crippen LogP contribution < -0.4 is 16.0 Å². The highest BCUT2D eigenvalue weighted by molar-refractivity contribution is 5.72. The maximum atomic E-state index is 3.17. The van der Waals surface area contributed by atoms with Gasteiger partial charge in [0.2, 0.25) is 0 Å². The molecule has 1 aliphatic rings. The maximum Gasteiger partial charge on any atom is 0.0782 e. The van der Waals surface area contributed by atoms with E-state index in [-0.39, 0.29) is 0 Å². The number of nitrogens with zero attached hydrogens (tertiary/aromatic N) is 1. The van der Waals surface area contributed by atoms with E-state index in [2.05, 4.69) is 48.0 Å². The fourth-order valence-corrected chi connectivity index (χ4v) is 1.59. The molecule has 0 saturated carbocycles. The molecule has 3 nitrogen and oxygen atoms in total. The minimum Gasteiger partial charge on any atom is -0.302 e. The Balaban J connectivity index is 2.10. The molecule has 2 rings (SSSR count). The van der Waals surface area contributed by atoms with Crippen molar-refractivity contribution in [2.24, 2.45) is 5.92 Å². The summed E-state index contributed by atoms with van der Waals surface area (Å²) in [4.78, 5) is 0. The van der Waals surface area contributed by atoms with Gasteiger partial charge in [0.25, 0.3) is 0 Å². The van der Waals surface area contributed by atoms with Gasteiger partial charge in [0.1, 0.15) is 0 Å². The third kappa shape index (κ3) is 1.68. The first-order valence-corrected chi connectivity index (χ1v) is 5.19. The normalized spacial score (nSPS) is 16.3. The molecule has 0 spiro atoms. The summed E-state index contributed by atoms with van der Waals surface area (Å²) in [5.74, 6) is 0.704. The molecule has 3 heteroatoms. The summed E-state index contributed by atoms with van der Waals surface area (Å²) in [5, 5.41) is 2.17. The molecule has 1 atom stereocenters. The van der Waals surface area contributed by atoms with Crippen LogP contribution in [0.25, 0.3) is 0 Å². The number of rotatable bonds is 3. The van der Waals surface area contributed by atoms with Gasteiger partial charge in [-0.2, -0.15) is 0 Å². The molecule has 2 N–H and O–H groups in total. The first-order valence-electron chi connectivity index (χ1n) is 5.19. The zero-order valence-electron chi connectivity index (χ0n) is 8.75. The molecular formula is C11H17N3. The van der Waals surface area contributed by atoms with Gasteiger partial charge in [-0.3, -0.25) is 5.01 Å². The van der Waals surface area contributed by atoms with Gasteiger partial charge in [0, 0.05) is 6.54 Å². The van der Waals surface area contributed by atoms with Gasteiger partial charge in [0.15, 0.2) is 0 Å². The average molecular weight is 191 g/mol. The molecule has 1 aliphatic heterocycles. The van der Waals surface area contributed by atoms with E-state index in [4.69, 9.17) is 0 Å². The van der Waals surface area contributed by atoms with Gasteiger partial charge in [-0.1, -0.05) is 32.4 Å². The fourth-order valence-electron chi connectivity index (χ4n) is 1.59. The standard InChI is InChI=1S/C11H17N3/c1-3-9(2)8-14-11-7-5-4-6-10(11)12-13-14/h4-7,9,12-13H,3,8H2,1-2H3. The highest BCUT2D eigenvalue weighted by atomic mass is 15.7. The number of hydrazine groups is 2. The van der Waals surface area contributed by atoms with Gasteiger partial charge < -0.3 is 5.43 Å². The average Bonchev–Trinajstić information content (AvgIpc) is 2.62. The van der Waals surface area contributed by atoms with E-state index in [0.29, 0.717) is 5.92 Å². The molecule has 0 bridgehead atoms. The second-order valence-corrected chi connectivity index (χ2v) is 3.88. The number of nitrogens with one attached hydrogen (secondary N) is 2. The van der Waals surface area contributed by atoms with Crippen molar-refractivity contribution in [2.45, 2.75) is 20.3 Å². The first kappa shape index (κ1) is 9.34. The van der Waals surface area contributed by atoms with Crippen LogP contribution in [0.4, 0.5) is 11.4 Å². The van der Waals surface area contributed by atoms with E-state index >= 15 is 0 Å². The number of anilines is 2. The molecular weight excluding hydrogens is 174 g/mol. The lowest BCUT2D eigenvalue weighted by molar-refractivity contribution is 0.526. The van der Waals surface area contributed by atoms with Crippen molar-refractivity contribution in [3.05, 3.63) is 24.3 Å². The lowest BCUT2D eigenvalue weighted by atomic mass is 10.1. The topological polar surface area (TPSA) is 27.3 Å². The van der Waals surface area contributed by atoms with Crippen molar-refractivity contribution in [3.8, 4) is 0 Å². The summed E-state index contributed by atoms with van der Waals surface area (Å²) >= 11 is 0. The molecule has 76 valence electrons. The summed E-state index contributed by atoms with van der Waals surface area (Å²) in [6, 6.07) is 8.32. The molecule has 1 aromatic carbocycles. The second kappa shape index (κ2) is 3.88. The number of hydrogen-bond acceptors (Lipinski definition) is 3. The van der Waals surface area contributed by atoms with Crippen molar-refractivity contribution in [3.63, 3.8) is 0 Å². The Morgan fingerprint density at radius 1 is 1.36 bits per heavy atom. The van der Waals surface area contributed by atoms with Gasteiger partial charge in [-0.15, -0.1) is 5.53 Å². The zero-order valence-corrected chi connectivity index (χ0v) is 8.75. The molecule has 0 fully saturated rings. The van der Waals surface area contributed by atoms with Crippen LogP contribution in [0.3, 0.4) is 0 Å². The molecule has 14 heavy (non-hydrogen) atoms. The van der Waals surface area contributed by atoms with Crippen molar-refractivity contribution >= 4 is 11.4 Å². The summed E-state index contributed by atoms with van der Waals surface area (Å²) < 4.78 is 0. The van der Waals surface area contributed by atoms with E-state index in [1.807, 2.05) is 6.07 Å². The molecule has 1 unspecified atom stereocenters. The van der Waals surface area contributed by atoms with E-state index in [0.717, 1.165) is 12.2 Å². The molecule has 0 aromatic heterocycles. The highest BCUT2D eigenvalue weighted by Gasteiger charge is 2.18. The second-order valence-electron chi connectivity index (χ2n) is 3.88. The minimum atomic E-state index is 0.704. The Morgan fingerprint density at radius 3 is 2.93 bits per heavy atom. The van der Waals surface area contributed by atoms with Crippen LogP contribution in [0, 0.1) is 5.92 Å². The van der Waals surface area contributed by atoms with Crippen molar-refractivity contribution < 1.29 is 0 Å². The van der Waals surface area contributed by atoms with Crippen LogP contribution in [0.15, 0.2) is 24.3 Å². The Bertz CT molecular complexity index is 311. The first-order chi connectivity index (χ1) is 6.81. The van der Waals surface area contributed by atoms with Gasteiger partial charge in [0.05, 0.1) is 11.4 Å². The van der Waals surface area contributed by atoms with Gasteiger partial charge >= 0.3 is 0 Å². The minimum absolute atomic E-state index is 0.704. The Kier molecular flexibility index (Phi) is 2.59. The van der Waals surface area contributed by atoms with Gasteiger partial charge in [-0.25, -0.2) is 0 Å². The molecule has 1 aromatic rings. The van der Waals surface area contributed by atoms with E-state index in [9.17, 15) is 0 Å². The Morgan fingerprint density at radius 2 is 2.14 bits per heavy atom. The van der Waals surface area contributed by atoms with Crippen LogP contribution in [0.2, 0.25) is 0 Å². The zero-order chi connectivity index (χ0) is 9.97. The molecule has 1 heterocycles. The number of hydrogen-bond donors (Lipinski definition) is 2. The lowest BCUT2D eigenvalue weighted by Gasteiger charge is -2.21. The highest BCUT2D eigenvalue weighted by Crippen LogP contribution is 2.28. The van der Waals surface area contributed by atoms with Crippen molar-refractivity contribution in [1.82, 2.24) is 5.53 Å². The summed E-state index contributed by atoms with van der Waals surface area (Å²) in [5.41, 5.74) is 8.73. The lowest BCUT2D eigenvalue weighted by Crippen LogP contribution is -2.38. The van der Waals surface area contributed by atoms with Crippen LogP contribution in [0.1, 0.15) is 20.3 Å². The van der Waals surface area contributed by atoms with Crippen LogP contribution in [0.5, 0.6) is 0 Å². The number of para-hydroxylation sites is 2. The summed E-state index contributed by atoms with van der Waals surface area (Å²) in [7, 11) is 0. The predicted octanol–water partition coefficient (Wildman–Crippen LogP) is 2.38. The number of fused-ring (bicyclic) bond motifs is 1. The monoisotopic (exact) mass is 191 g/mol. The molecule has 0 amide bonds. The van der Waals surface area contributed by atoms with E-state index in [1.165, 1.54) is 12.1 Å². The Labute approximate surface area is 85.1 Å². The maximum absolute atomic E-state index is 3.17. The van der Waals surface area contributed by atoms with Crippen LogP contribution >= 0.6 is 0 Å². The molecule has 0 radical (unpaired) electrons. The largest absolute Gasteiger partial charge is 0.302 e. The molecule has 0 saturated heterocycles. The van der Waals surface area contributed by atoms with Crippen LogP contribution in [-0.4, -0.2) is 6.54 Å². The van der Waals surface area contributed by atoms with Gasteiger partial charge in [-0.05, 0) is 18.1 Å². The van der Waals surface area contributed by atoms with E-state index in [1.54, 1.807) is 0 Å². The van der Waals surface area contributed by atoms with Crippen LogP contribution in [-0.2, 0) is 0 Å². The fraction of sp³-hybridized carbons (Fsp3) is 0.455. The summed E-state index contributed by atoms with van der Waals surface area (Å²) in [6.07, 6.45) is 1.21. The third-order valence-corrected chi connectivity index (χ3v) is 2.71. The third-order valence-electron chi connectivity index (χ3n) is 2.71. The molecule has 0 aliphatic carbocycles. The predicted molar refractivity (Wildman–Crippen MR) is 60.0 cm³/mol. The Hall–Kier alpha value is -1.22. The summed E-state index contributed by atoms with van der Waals surface area (Å²) in [6.45, 7) is 5.53. The number of benzene rings is 1.